The van der Waals surface area contributed by atoms with Crippen LogP contribution in [0.4, 0.5) is 0 Å². The maximum atomic E-state index is 12.7. The quantitative estimate of drug-likeness (QED) is 0.536. The first kappa shape index (κ1) is 22.8. The molecule has 0 aliphatic carbocycles. The third-order valence-electron chi connectivity index (χ3n) is 4.05. The Labute approximate surface area is 147 Å². The van der Waals surface area contributed by atoms with Crippen LogP contribution in [0.25, 0.3) is 0 Å². The van der Waals surface area contributed by atoms with Gasteiger partial charge in [0.2, 0.25) is 5.91 Å². The van der Waals surface area contributed by atoms with E-state index in [4.69, 9.17) is 0 Å². The summed E-state index contributed by atoms with van der Waals surface area (Å²) in [6, 6.07) is 0.00294. The van der Waals surface area contributed by atoms with Crippen molar-refractivity contribution in [3.05, 3.63) is 0 Å². The number of carbonyl (C=O) groups is 3. The fraction of sp³-hybridized carbons (Fsp3) is 0.842. The molecule has 0 unspecified atom stereocenters. The lowest BCUT2D eigenvalue weighted by molar-refractivity contribution is -0.131. The molecule has 0 aliphatic heterocycles. The minimum Gasteiger partial charge on any atom is -0.356 e. The van der Waals surface area contributed by atoms with E-state index in [1.165, 1.54) is 6.92 Å². The average Bonchev–Trinajstić information content (AvgIpc) is 2.45. The van der Waals surface area contributed by atoms with Crippen molar-refractivity contribution < 1.29 is 14.4 Å². The molecular formula is C19H36N2O3. The van der Waals surface area contributed by atoms with Crippen molar-refractivity contribution >= 4 is 17.5 Å². The van der Waals surface area contributed by atoms with Crippen LogP contribution in [0.15, 0.2) is 0 Å². The van der Waals surface area contributed by atoms with Gasteiger partial charge >= 0.3 is 0 Å². The molecule has 2 N–H and O–H groups in total. The lowest BCUT2D eigenvalue weighted by Crippen LogP contribution is -2.45. The molecule has 0 aromatic heterocycles. The summed E-state index contributed by atoms with van der Waals surface area (Å²) < 4.78 is 0. The highest BCUT2D eigenvalue weighted by Crippen LogP contribution is 2.20. The number of Topliss-reactive ketones (excluding diaryl/α,β-unsaturated/α-hetero) is 2. The molecule has 0 saturated carbocycles. The zero-order chi connectivity index (χ0) is 18.9. The van der Waals surface area contributed by atoms with Crippen LogP contribution in [0.3, 0.4) is 0 Å². The second-order valence-electron chi connectivity index (χ2n) is 7.59. The molecule has 5 nitrogen and oxygen atoms in total. The molecule has 2 atom stereocenters. The van der Waals surface area contributed by atoms with E-state index in [0.29, 0.717) is 19.4 Å². The number of rotatable bonds is 12. The van der Waals surface area contributed by atoms with Gasteiger partial charge in [-0.1, -0.05) is 41.5 Å². The molecule has 140 valence electrons. The number of ketones is 2. The maximum absolute atomic E-state index is 12.7. The van der Waals surface area contributed by atoms with Crippen LogP contribution in [-0.2, 0) is 14.4 Å². The Morgan fingerprint density at radius 2 is 1.54 bits per heavy atom. The zero-order valence-electron chi connectivity index (χ0n) is 16.4. The van der Waals surface area contributed by atoms with E-state index in [2.05, 4.69) is 10.6 Å². The van der Waals surface area contributed by atoms with E-state index < -0.39 is 0 Å². The van der Waals surface area contributed by atoms with Crippen LogP contribution in [0.5, 0.6) is 0 Å². The predicted octanol–water partition coefficient (Wildman–Crippen LogP) is 2.73. The third-order valence-corrected chi connectivity index (χ3v) is 4.05. The Hall–Kier alpha value is -1.23. The Bertz CT molecular complexity index is 417. The Morgan fingerprint density at radius 3 is 1.96 bits per heavy atom. The molecule has 0 fully saturated rings. The molecule has 5 heteroatoms. The molecule has 1 amide bonds. The van der Waals surface area contributed by atoms with Gasteiger partial charge < -0.3 is 10.6 Å². The van der Waals surface area contributed by atoms with Crippen LogP contribution >= 0.6 is 0 Å². The van der Waals surface area contributed by atoms with Crippen molar-refractivity contribution in [3.8, 4) is 0 Å². The van der Waals surface area contributed by atoms with Gasteiger partial charge in [0.15, 0.2) is 5.78 Å². The molecular weight excluding hydrogens is 304 g/mol. The topological polar surface area (TPSA) is 75.3 Å². The highest BCUT2D eigenvalue weighted by molar-refractivity contribution is 5.91. The summed E-state index contributed by atoms with van der Waals surface area (Å²) in [7, 11) is 0. The number of amides is 1. The van der Waals surface area contributed by atoms with Gasteiger partial charge in [-0.15, -0.1) is 0 Å². The molecule has 0 heterocycles. The molecule has 0 bridgehead atoms. The lowest BCUT2D eigenvalue weighted by Gasteiger charge is -2.26. The van der Waals surface area contributed by atoms with E-state index in [-0.39, 0.29) is 53.7 Å². The minimum atomic E-state index is -0.263. The van der Waals surface area contributed by atoms with Gasteiger partial charge in [0.05, 0.1) is 6.04 Å². The van der Waals surface area contributed by atoms with E-state index in [0.717, 1.165) is 0 Å². The fourth-order valence-electron chi connectivity index (χ4n) is 2.82. The van der Waals surface area contributed by atoms with Crippen molar-refractivity contribution in [2.24, 2.45) is 17.8 Å². The zero-order valence-corrected chi connectivity index (χ0v) is 16.4. The molecule has 0 rings (SSSR count). The van der Waals surface area contributed by atoms with Crippen LogP contribution < -0.4 is 10.6 Å². The molecule has 0 aromatic rings. The van der Waals surface area contributed by atoms with E-state index in [1.807, 2.05) is 41.5 Å². The Morgan fingerprint density at radius 1 is 0.958 bits per heavy atom. The van der Waals surface area contributed by atoms with Crippen LogP contribution in [0.1, 0.15) is 67.7 Å². The van der Waals surface area contributed by atoms with Crippen LogP contribution in [0.2, 0.25) is 0 Å². The first-order valence-corrected chi connectivity index (χ1v) is 9.13. The smallest absolute Gasteiger partial charge is 0.216 e. The van der Waals surface area contributed by atoms with Crippen LogP contribution in [-0.4, -0.2) is 36.1 Å². The molecule has 24 heavy (non-hydrogen) atoms. The fourth-order valence-corrected chi connectivity index (χ4v) is 2.82. The number of hydrogen-bond acceptors (Lipinski definition) is 4. The van der Waals surface area contributed by atoms with E-state index >= 15 is 0 Å². The molecule has 0 aromatic carbocycles. The number of nitrogens with one attached hydrogen (secondary N) is 2. The summed E-state index contributed by atoms with van der Waals surface area (Å²) >= 11 is 0. The Kier molecular flexibility index (Phi) is 10.8. The maximum Gasteiger partial charge on any atom is 0.216 e. The summed E-state index contributed by atoms with van der Waals surface area (Å²) in [4.78, 5) is 36.1. The van der Waals surface area contributed by atoms with Gasteiger partial charge in [0.25, 0.3) is 0 Å². The van der Waals surface area contributed by atoms with Gasteiger partial charge in [-0.3, -0.25) is 14.4 Å². The van der Waals surface area contributed by atoms with Gasteiger partial charge in [0, 0.05) is 37.8 Å². The van der Waals surface area contributed by atoms with Crippen molar-refractivity contribution in [3.63, 3.8) is 0 Å². The summed E-state index contributed by atoms with van der Waals surface area (Å²) in [5.74, 6) is 0.0175. The molecule has 0 aliphatic rings. The first-order valence-electron chi connectivity index (χ1n) is 9.13. The highest BCUT2D eigenvalue weighted by atomic mass is 16.1. The summed E-state index contributed by atoms with van der Waals surface area (Å²) in [6.07, 6.45) is 1.62. The summed E-state index contributed by atoms with van der Waals surface area (Å²) in [6.45, 7) is 13.9. The SMILES string of the molecule is CC(=O)NCCC[C@H](CC(=O)[C@H](NC(C)C)C(C)C)C(=O)C(C)C. The predicted molar refractivity (Wildman–Crippen MR) is 97.8 cm³/mol. The van der Waals surface area contributed by atoms with Gasteiger partial charge in [-0.05, 0) is 18.8 Å². The monoisotopic (exact) mass is 340 g/mol. The van der Waals surface area contributed by atoms with Gasteiger partial charge in [-0.2, -0.15) is 0 Å². The van der Waals surface area contributed by atoms with Gasteiger partial charge in [0.1, 0.15) is 5.78 Å². The van der Waals surface area contributed by atoms with E-state index in [9.17, 15) is 14.4 Å². The number of hydrogen-bond donors (Lipinski definition) is 2. The second-order valence-corrected chi connectivity index (χ2v) is 7.59. The normalized spacial score (nSPS) is 14.1. The molecule has 0 spiro atoms. The van der Waals surface area contributed by atoms with Crippen molar-refractivity contribution in [2.45, 2.75) is 79.8 Å². The number of carbonyl (C=O) groups excluding carboxylic acids is 3. The largest absolute Gasteiger partial charge is 0.356 e. The first-order chi connectivity index (χ1) is 11.1. The third kappa shape index (κ3) is 9.16. The summed E-state index contributed by atoms with van der Waals surface area (Å²) in [5, 5.41) is 6.06. The van der Waals surface area contributed by atoms with Crippen molar-refractivity contribution in [2.75, 3.05) is 6.54 Å². The summed E-state index contributed by atoms with van der Waals surface area (Å²) in [5.41, 5.74) is 0. The van der Waals surface area contributed by atoms with Crippen molar-refractivity contribution in [1.29, 1.82) is 0 Å². The highest BCUT2D eigenvalue weighted by Gasteiger charge is 2.29. The minimum absolute atomic E-state index is 0.0705. The van der Waals surface area contributed by atoms with Crippen molar-refractivity contribution in [1.82, 2.24) is 10.6 Å². The second kappa shape index (κ2) is 11.3. The average molecular weight is 341 g/mol. The lowest BCUT2D eigenvalue weighted by atomic mass is 9.84. The molecule has 0 saturated heterocycles. The molecule has 0 radical (unpaired) electrons. The van der Waals surface area contributed by atoms with E-state index in [1.54, 1.807) is 0 Å². The van der Waals surface area contributed by atoms with Gasteiger partial charge in [-0.25, -0.2) is 0 Å². The standard InChI is InChI=1S/C19H36N2O3/c1-12(2)18(21-14(5)6)17(23)11-16(19(24)13(3)4)9-8-10-20-15(7)22/h12-14,16,18,21H,8-11H2,1-7H3,(H,20,22)/t16-,18-/m1/s1. The van der Waals surface area contributed by atoms with Crippen LogP contribution in [0, 0.1) is 17.8 Å². The Balaban J connectivity index is 4.85.